The average molecular weight is 256 g/mol. The summed E-state index contributed by atoms with van der Waals surface area (Å²) < 4.78 is 28.1. The highest BCUT2D eigenvalue weighted by Gasteiger charge is 2.18. The van der Waals surface area contributed by atoms with Crippen molar-refractivity contribution in [2.75, 3.05) is 18.5 Å². The van der Waals surface area contributed by atoms with E-state index in [1.54, 1.807) is 18.2 Å². The number of hydrogen-bond donors (Lipinski definition) is 2. The number of anilines is 1. The molecule has 1 aromatic rings. The van der Waals surface area contributed by atoms with Crippen LogP contribution in [-0.4, -0.2) is 27.7 Å². The van der Waals surface area contributed by atoms with Gasteiger partial charge in [0.1, 0.15) is 4.90 Å². The summed E-state index contributed by atoms with van der Waals surface area (Å²) in [5.41, 5.74) is 0.571. The van der Waals surface area contributed by atoms with E-state index in [1.165, 1.54) is 6.07 Å². The van der Waals surface area contributed by atoms with Gasteiger partial charge in [-0.3, -0.25) is 0 Å². The van der Waals surface area contributed by atoms with E-state index in [2.05, 4.69) is 5.32 Å². The summed E-state index contributed by atoms with van der Waals surface area (Å²) in [7, 11) is -3.68. The van der Waals surface area contributed by atoms with Crippen molar-refractivity contribution in [3.63, 3.8) is 0 Å². The van der Waals surface area contributed by atoms with Crippen molar-refractivity contribution in [2.45, 2.75) is 23.8 Å². The van der Waals surface area contributed by atoms with Crippen molar-refractivity contribution in [3.8, 4) is 0 Å². The molecule has 2 rings (SSSR count). The molecule has 5 nitrogen and oxygen atoms in total. The van der Waals surface area contributed by atoms with Crippen LogP contribution in [0.1, 0.15) is 12.8 Å². The van der Waals surface area contributed by atoms with Crippen LogP contribution in [0, 0.1) is 0 Å². The van der Waals surface area contributed by atoms with Crippen LogP contribution in [-0.2, 0) is 14.8 Å². The second-order valence-electron chi connectivity index (χ2n) is 4.07. The molecule has 17 heavy (non-hydrogen) atoms. The summed E-state index contributed by atoms with van der Waals surface area (Å²) in [5, 5.41) is 8.39. The van der Waals surface area contributed by atoms with Crippen LogP contribution < -0.4 is 10.5 Å². The highest BCUT2D eigenvalue weighted by Crippen LogP contribution is 2.22. The Kier molecular flexibility index (Phi) is 3.66. The summed E-state index contributed by atoms with van der Waals surface area (Å²) >= 11 is 0. The smallest absolute Gasteiger partial charge is 0.240 e. The molecule has 3 N–H and O–H groups in total. The molecule has 0 aromatic heterocycles. The lowest BCUT2D eigenvalue weighted by Crippen LogP contribution is -2.29. The largest absolute Gasteiger partial charge is 0.381 e. The Morgan fingerprint density at radius 2 is 1.88 bits per heavy atom. The van der Waals surface area contributed by atoms with Crippen molar-refractivity contribution < 1.29 is 13.2 Å². The zero-order chi connectivity index (χ0) is 12.3. The first-order chi connectivity index (χ1) is 8.07. The molecule has 1 aliphatic heterocycles. The third-order valence-electron chi connectivity index (χ3n) is 2.77. The molecular weight excluding hydrogens is 240 g/mol. The summed E-state index contributed by atoms with van der Waals surface area (Å²) in [4.78, 5) is 0.145. The van der Waals surface area contributed by atoms with Crippen LogP contribution >= 0.6 is 0 Å². The average Bonchev–Trinajstić information content (AvgIpc) is 2.30. The van der Waals surface area contributed by atoms with Crippen LogP contribution in [0.5, 0.6) is 0 Å². The molecule has 0 unspecified atom stereocenters. The number of ether oxygens (including phenoxy) is 1. The molecule has 1 aliphatic rings. The molecule has 1 saturated heterocycles. The number of nitrogens with one attached hydrogen (secondary N) is 1. The summed E-state index contributed by atoms with van der Waals surface area (Å²) in [5.74, 6) is 0. The van der Waals surface area contributed by atoms with Gasteiger partial charge in [-0.1, -0.05) is 12.1 Å². The van der Waals surface area contributed by atoms with Gasteiger partial charge in [0.2, 0.25) is 10.0 Å². The molecule has 94 valence electrons. The predicted octanol–water partition coefficient (Wildman–Crippen LogP) is 0.925. The second-order valence-corrected chi connectivity index (χ2v) is 5.60. The third kappa shape index (κ3) is 3.18. The van der Waals surface area contributed by atoms with Gasteiger partial charge >= 0.3 is 0 Å². The minimum absolute atomic E-state index is 0.145. The van der Waals surface area contributed by atoms with Gasteiger partial charge in [-0.25, -0.2) is 13.6 Å². The van der Waals surface area contributed by atoms with Gasteiger partial charge in [0.05, 0.1) is 5.69 Å². The normalized spacial score (nSPS) is 17.9. The van der Waals surface area contributed by atoms with Crippen LogP contribution in [0.2, 0.25) is 0 Å². The van der Waals surface area contributed by atoms with Crippen LogP contribution in [0.15, 0.2) is 29.2 Å². The van der Waals surface area contributed by atoms with E-state index in [0.717, 1.165) is 12.8 Å². The first-order valence-electron chi connectivity index (χ1n) is 5.53. The number of rotatable bonds is 3. The minimum Gasteiger partial charge on any atom is -0.381 e. The Hall–Kier alpha value is -1.11. The number of sulfonamides is 1. The van der Waals surface area contributed by atoms with Gasteiger partial charge in [-0.2, -0.15) is 0 Å². The highest BCUT2D eigenvalue weighted by molar-refractivity contribution is 7.89. The zero-order valence-electron chi connectivity index (χ0n) is 9.43. The molecule has 1 fully saturated rings. The van der Waals surface area contributed by atoms with E-state index in [9.17, 15) is 8.42 Å². The molecule has 6 heteroatoms. The first kappa shape index (κ1) is 12.3. The van der Waals surface area contributed by atoms with E-state index in [1.807, 2.05) is 0 Å². The quantitative estimate of drug-likeness (QED) is 0.842. The molecule has 1 aromatic carbocycles. The van der Waals surface area contributed by atoms with Gasteiger partial charge in [0.25, 0.3) is 0 Å². The van der Waals surface area contributed by atoms with E-state index in [4.69, 9.17) is 9.88 Å². The summed E-state index contributed by atoms with van der Waals surface area (Å²) in [6, 6.07) is 6.93. The number of primary sulfonamides is 1. The van der Waals surface area contributed by atoms with Crippen molar-refractivity contribution in [1.29, 1.82) is 0 Å². The molecule has 0 amide bonds. The standard InChI is InChI=1S/C11H16N2O3S/c12-17(14,15)11-4-2-1-3-10(11)13-9-5-7-16-8-6-9/h1-4,9,13H,5-8H2,(H2,12,14,15). The molecule has 0 saturated carbocycles. The van der Waals surface area contributed by atoms with Gasteiger partial charge < -0.3 is 10.1 Å². The lowest BCUT2D eigenvalue weighted by atomic mass is 10.1. The Morgan fingerprint density at radius 1 is 1.24 bits per heavy atom. The van der Waals surface area contributed by atoms with E-state index in [-0.39, 0.29) is 10.9 Å². The molecule has 0 radical (unpaired) electrons. The van der Waals surface area contributed by atoms with Crippen molar-refractivity contribution >= 4 is 15.7 Å². The lowest BCUT2D eigenvalue weighted by Gasteiger charge is -2.25. The van der Waals surface area contributed by atoms with Gasteiger partial charge in [-0.05, 0) is 25.0 Å². The highest BCUT2D eigenvalue weighted by atomic mass is 32.2. The van der Waals surface area contributed by atoms with Crippen molar-refractivity contribution in [1.82, 2.24) is 0 Å². The van der Waals surface area contributed by atoms with Crippen LogP contribution in [0.4, 0.5) is 5.69 Å². The molecular formula is C11H16N2O3S. The predicted molar refractivity (Wildman–Crippen MR) is 65.3 cm³/mol. The number of benzene rings is 1. The van der Waals surface area contributed by atoms with E-state index >= 15 is 0 Å². The summed E-state index contributed by atoms with van der Waals surface area (Å²) in [6.07, 6.45) is 1.75. The van der Waals surface area contributed by atoms with Gasteiger partial charge in [0, 0.05) is 19.3 Å². The maximum atomic E-state index is 11.4. The lowest BCUT2D eigenvalue weighted by molar-refractivity contribution is 0.0904. The van der Waals surface area contributed by atoms with E-state index < -0.39 is 10.0 Å². The Balaban J connectivity index is 2.20. The molecule has 1 heterocycles. The van der Waals surface area contributed by atoms with Gasteiger partial charge in [0.15, 0.2) is 0 Å². The molecule has 0 bridgehead atoms. The van der Waals surface area contributed by atoms with Gasteiger partial charge in [-0.15, -0.1) is 0 Å². The second kappa shape index (κ2) is 5.03. The van der Waals surface area contributed by atoms with Crippen LogP contribution in [0.3, 0.4) is 0 Å². The first-order valence-corrected chi connectivity index (χ1v) is 7.08. The molecule has 0 aliphatic carbocycles. The van der Waals surface area contributed by atoms with Crippen molar-refractivity contribution in [3.05, 3.63) is 24.3 Å². The summed E-state index contributed by atoms with van der Waals surface area (Å²) in [6.45, 7) is 1.41. The monoisotopic (exact) mass is 256 g/mol. The number of para-hydroxylation sites is 1. The van der Waals surface area contributed by atoms with E-state index in [0.29, 0.717) is 18.9 Å². The molecule has 0 atom stereocenters. The third-order valence-corrected chi connectivity index (χ3v) is 3.74. The zero-order valence-corrected chi connectivity index (χ0v) is 10.2. The fourth-order valence-electron chi connectivity index (χ4n) is 1.90. The van der Waals surface area contributed by atoms with Crippen LogP contribution in [0.25, 0.3) is 0 Å². The maximum absolute atomic E-state index is 11.4. The fourth-order valence-corrected chi connectivity index (χ4v) is 2.60. The fraction of sp³-hybridized carbons (Fsp3) is 0.455. The molecule has 0 spiro atoms. The Bertz CT molecular complexity index is 481. The Morgan fingerprint density at radius 3 is 2.53 bits per heavy atom. The number of nitrogens with two attached hydrogens (primary N) is 1. The maximum Gasteiger partial charge on any atom is 0.240 e. The number of hydrogen-bond acceptors (Lipinski definition) is 4. The Labute approximate surface area is 101 Å². The topological polar surface area (TPSA) is 81.4 Å². The SMILES string of the molecule is NS(=O)(=O)c1ccccc1NC1CCOCC1. The minimum atomic E-state index is -3.68. The van der Waals surface area contributed by atoms with Crippen molar-refractivity contribution in [2.24, 2.45) is 5.14 Å².